The van der Waals surface area contributed by atoms with Crippen molar-refractivity contribution in [1.29, 1.82) is 0 Å². The fourth-order valence-electron chi connectivity index (χ4n) is 10.4. The Morgan fingerprint density at radius 2 is 1.02 bits per heavy atom. The zero-order chi connectivity index (χ0) is 39.8. The van der Waals surface area contributed by atoms with Crippen molar-refractivity contribution >= 4 is 75.5 Å². The van der Waals surface area contributed by atoms with E-state index in [1.54, 1.807) is 25.5 Å². The predicted molar refractivity (Wildman–Crippen MR) is 242 cm³/mol. The van der Waals surface area contributed by atoms with E-state index in [2.05, 4.69) is 149 Å². The molecule has 0 aliphatic rings. The molecule has 1 N–H and O–H groups in total. The largest absolute Gasteiger partial charge is 0.497 e. The molecule has 0 heterocycles. The van der Waals surface area contributed by atoms with Crippen molar-refractivity contribution in [1.82, 2.24) is 4.83 Å². The molecule has 0 aliphatic heterocycles. The van der Waals surface area contributed by atoms with Gasteiger partial charge in [0, 0.05) is 12.6 Å². The number of nitrogens with one attached hydrogen (secondary N) is 1. The topological polar surface area (TPSA) is 86.2 Å². The van der Waals surface area contributed by atoms with Gasteiger partial charge in [-0.2, -0.15) is 13.5 Å². The fraction of sp³-hybridized carbons (Fsp3) is 0.794. The van der Waals surface area contributed by atoms with Crippen molar-refractivity contribution in [3.8, 4) is 5.75 Å². The molecule has 0 unspecified atom stereocenters. The summed E-state index contributed by atoms with van der Waals surface area (Å²) in [5.41, 5.74) is -0.0897. The Bertz CT molecular complexity index is 1320. The van der Waals surface area contributed by atoms with Gasteiger partial charge in [0.1, 0.15) is 5.75 Å². The van der Waals surface area contributed by atoms with Crippen molar-refractivity contribution in [2.75, 3.05) is 7.11 Å². The predicted octanol–water partition coefficient (Wildman–Crippen LogP) is 9.95. The second-order valence-electron chi connectivity index (χ2n) is 21.6. The quantitative estimate of drug-likeness (QED) is 0.0904. The van der Waals surface area contributed by atoms with Crippen molar-refractivity contribution in [2.45, 2.75) is 169 Å². The van der Waals surface area contributed by atoms with E-state index in [9.17, 15) is 8.42 Å². The van der Waals surface area contributed by atoms with E-state index >= 15 is 0 Å². The van der Waals surface area contributed by atoms with E-state index in [0.29, 0.717) is 12.2 Å². The van der Waals surface area contributed by atoms with Crippen molar-refractivity contribution in [2.24, 2.45) is 10.5 Å². The maximum atomic E-state index is 13.2. The molecule has 1 rings (SSSR count). The molecule has 16 heteroatoms. The summed E-state index contributed by atoms with van der Waals surface area (Å²) in [6.07, 6.45) is 3.01. The normalized spacial score (nSPS) is 16.4. The minimum Gasteiger partial charge on any atom is -0.497 e. The molecule has 292 valence electrons. The van der Waals surface area contributed by atoms with E-state index in [0.717, 1.165) is 6.42 Å². The second kappa shape index (κ2) is 16.1. The molecule has 0 amide bonds. The van der Waals surface area contributed by atoms with Gasteiger partial charge >= 0.3 is 0 Å². The molecule has 0 bridgehead atoms. The van der Waals surface area contributed by atoms with Crippen LogP contribution in [-0.4, -0.2) is 93.2 Å². The Balaban J connectivity index is 3.91. The number of hydrazone groups is 1. The third-order valence-electron chi connectivity index (χ3n) is 10.4. The molecule has 0 aliphatic carbocycles. The van der Waals surface area contributed by atoms with E-state index < -0.39 is 69.3 Å². The lowest BCUT2D eigenvalue weighted by molar-refractivity contribution is 0.0419. The number of hydrogen-bond acceptors (Lipinski definition) is 6. The molecule has 0 aromatic heterocycles. The van der Waals surface area contributed by atoms with E-state index in [4.69, 9.17) is 13.6 Å². The highest BCUT2D eigenvalue weighted by molar-refractivity contribution is 7.89. The van der Waals surface area contributed by atoms with Crippen LogP contribution in [0, 0.1) is 5.41 Å². The van der Waals surface area contributed by atoms with Crippen LogP contribution in [0.25, 0.3) is 0 Å². The van der Waals surface area contributed by atoms with Crippen LogP contribution in [0.15, 0.2) is 34.3 Å². The Kier molecular flexibility index (Phi) is 15.5. The molecule has 1 aromatic carbocycles. The van der Waals surface area contributed by atoms with E-state index in [-0.39, 0.29) is 22.5 Å². The molecule has 0 saturated heterocycles. The average Bonchev–Trinajstić information content (AvgIpc) is 2.86. The van der Waals surface area contributed by atoms with Gasteiger partial charge in [-0.15, -0.1) is 0 Å². The van der Waals surface area contributed by atoms with Crippen molar-refractivity contribution < 1.29 is 22.0 Å². The highest BCUT2D eigenvalue weighted by Gasteiger charge is 2.66. The third kappa shape index (κ3) is 10.6. The van der Waals surface area contributed by atoms with Crippen LogP contribution >= 0.6 is 0 Å². The number of ether oxygens (including phenoxy) is 1. The van der Waals surface area contributed by atoms with Gasteiger partial charge in [-0.1, -0.05) is 139 Å². The van der Waals surface area contributed by atoms with Gasteiger partial charge in [-0.05, 0) is 36.1 Å². The molecular weight excluding hydrogens is 773 g/mol. The standard InChI is InChI=1S/C34H78N2O5SSi8/c1-34(2,3)33(41-50(46(14,15)16,47(17,18)19)48(20,21)22)29-31(40-49(43(5,6)7,44(8,9)10)45(11,12)13)27-28-35-36-42(37,38)32-25-23-30(39-4)24-26-32/h23-26,28,31,33,36H,27,29H2,1-22H3/b35-28+/t31-,33-/m0/s1. The summed E-state index contributed by atoms with van der Waals surface area (Å²) >= 11 is 0. The summed E-state index contributed by atoms with van der Waals surface area (Å²) in [6.45, 7) is 49.0. The van der Waals surface area contributed by atoms with Crippen LogP contribution < -0.4 is 9.57 Å². The summed E-state index contributed by atoms with van der Waals surface area (Å²) in [6, 6.07) is 6.37. The van der Waals surface area contributed by atoms with Crippen LogP contribution in [0.2, 0.25) is 118 Å². The molecule has 7 nitrogen and oxygen atoms in total. The number of hydrogen-bond donors (Lipinski definition) is 1. The van der Waals surface area contributed by atoms with Crippen LogP contribution in [-0.2, 0) is 18.9 Å². The maximum absolute atomic E-state index is 13.2. The van der Waals surface area contributed by atoms with Gasteiger partial charge < -0.3 is 13.6 Å². The van der Waals surface area contributed by atoms with Gasteiger partial charge in [0.25, 0.3) is 10.0 Å². The molecule has 0 radical (unpaired) electrons. The summed E-state index contributed by atoms with van der Waals surface area (Å²) in [4.78, 5) is 2.63. The Hall–Kier alpha value is 0.0951. The number of benzene rings is 1. The maximum Gasteiger partial charge on any atom is 0.276 e. The van der Waals surface area contributed by atoms with Crippen molar-refractivity contribution in [3.63, 3.8) is 0 Å². The van der Waals surface area contributed by atoms with Crippen LogP contribution in [0.3, 0.4) is 0 Å². The molecule has 0 fully saturated rings. The first-order chi connectivity index (χ1) is 21.9. The van der Waals surface area contributed by atoms with Crippen LogP contribution in [0.5, 0.6) is 5.75 Å². The fourth-order valence-corrected chi connectivity index (χ4v) is 200. The summed E-state index contributed by atoms with van der Waals surface area (Å²) in [5.74, 6) is 0.604. The summed E-state index contributed by atoms with van der Waals surface area (Å²) in [5, 5.41) is 4.34. The minimum absolute atomic E-state index is 0.0327. The van der Waals surface area contributed by atoms with Crippen molar-refractivity contribution in [3.05, 3.63) is 24.3 Å². The summed E-state index contributed by atoms with van der Waals surface area (Å²) in [7, 11) is -12.7. The lowest BCUT2D eigenvalue weighted by Crippen LogP contribution is -2.85. The Morgan fingerprint density at radius 1 is 0.660 bits per heavy atom. The first kappa shape index (κ1) is 48.1. The van der Waals surface area contributed by atoms with E-state index in [1.807, 2.05) is 0 Å². The van der Waals surface area contributed by atoms with Gasteiger partial charge in [0.15, 0.2) is 13.7 Å². The zero-order valence-corrected chi connectivity index (χ0v) is 45.2. The van der Waals surface area contributed by atoms with Crippen LogP contribution in [0.4, 0.5) is 0 Å². The number of sulfonamides is 1. The third-order valence-corrected chi connectivity index (χ3v) is 147. The van der Waals surface area contributed by atoms with Gasteiger partial charge in [-0.3, -0.25) is 0 Å². The Morgan fingerprint density at radius 3 is 1.34 bits per heavy atom. The first-order valence-corrected chi connectivity index (χ1v) is 50.8. The SMILES string of the molecule is COc1ccc(S(=O)(=O)N/N=C/C[C@@H](C[C@H](O[Si]([Si](C)(C)C)([Si](C)(C)C)[Si](C)(C)C)C(C)(C)C)O[Si]([Si](C)(C)C)([Si](C)(C)C)[Si](C)(C)C)cc1. The highest BCUT2D eigenvalue weighted by Crippen LogP contribution is 2.44. The van der Waals surface area contributed by atoms with Crippen LogP contribution in [0.1, 0.15) is 33.6 Å². The Labute approximate surface area is 316 Å². The second-order valence-corrected chi connectivity index (χ2v) is 102. The van der Waals surface area contributed by atoms with Gasteiger partial charge in [0.05, 0.1) is 69.8 Å². The lowest BCUT2D eigenvalue weighted by Gasteiger charge is -2.60. The molecule has 0 saturated carbocycles. The molecule has 1 aromatic rings. The summed E-state index contributed by atoms with van der Waals surface area (Å²) < 4.78 is 47.6. The molecule has 2 atom stereocenters. The first-order valence-electron chi connectivity index (χ1n) is 18.5. The number of nitrogens with zero attached hydrogens (tertiary/aromatic N) is 1. The average molecular weight is 852 g/mol. The zero-order valence-electron chi connectivity index (χ0n) is 36.4. The molecule has 0 spiro atoms. The molecule has 50 heavy (non-hydrogen) atoms. The van der Waals surface area contributed by atoms with Gasteiger partial charge in [0.2, 0.25) is 0 Å². The van der Waals surface area contributed by atoms with Gasteiger partial charge in [-0.25, -0.2) is 4.83 Å². The molecular formula is C34H78N2O5SSi8. The number of rotatable bonds is 18. The number of methoxy groups -OCH3 is 1. The highest BCUT2D eigenvalue weighted by atomic mass is 32.2. The van der Waals surface area contributed by atoms with E-state index in [1.165, 1.54) is 12.1 Å². The monoisotopic (exact) mass is 850 g/mol. The lowest BCUT2D eigenvalue weighted by atomic mass is 9.85. The smallest absolute Gasteiger partial charge is 0.276 e. The minimum atomic E-state index is -3.83.